The number of anilines is 1. The van der Waals surface area contributed by atoms with E-state index in [9.17, 15) is 0 Å². The predicted molar refractivity (Wildman–Crippen MR) is 80.8 cm³/mol. The van der Waals surface area contributed by atoms with E-state index in [1.54, 1.807) is 0 Å². The highest BCUT2D eigenvalue weighted by molar-refractivity contribution is 7.21. The van der Waals surface area contributed by atoms with Crippen molar-refractivity contribution in [2.24, 2.45) is 0 Å². The fourth-order valence-electron chi connectivity index (χ4n) is 1.77. The van der Waals surface area contributed by atoms with E-state index >= 15 is 0 Å². The monoisotopic (exact) mass is 316 g/mol. The molecule has 0 bridgehead atoms. The molecule has 2 nitrogen and oxygen atoms in total. The Morgan fingerprint density at radius 3 is 2.61 bits per heavy atom. The second kappa shape index (κ2) is 5.50. The molecule has 0 saturated carbocycles. The molecule has 0 aromatic carbocycles. The molecule has 2 aromatic rings. The number of halogens is 2. The van der Waals surface area contributed by atoms with Crippen LogP contribution in [0.15, 0.2) is 6.07 Å². The van der Waals surface area contributed by atoms with Crippen LogP contribution in [0.4, 0.5) is 5.69 Å². The highest BCUT2D eigenvalue weighted by Crippen LogP contribution is 2.45. The van der Waals surface area contributed by atoms with E-state index in [1.807, 2.05) is 6.07 Å². The van der Waals surface area contributed by atoms with Crippen molar-refractivity contribution in [3.8, 4) is 16.5 Å². The van der Waals surface area contributed by atoms with Crippen LogP contribution < -0.4 is 5.73 Å². The van der Waals surface area contributed by atoms with Crippen LogP contribution in [0.2, 0.25) is 8.67 Å². The van der Waals surface area contributed by atoms with Crippen LogP contribution in [0.25, 0.3) is 10.4 Å². The first-order valence-electron chi connectivity index (χ1n) is 5.34. The molecule has 0 spiro atoms. The van der Waals surface area contributed by atoms with Crippen molar-refractivity contribution in [3.63, 3.8) is 0 Å². The molecule has 2 aromatic heterocycles. The minimum absolute atomic E-state index is 0.548. The maximum atomic E-state index is 9.07. The predicted octanol–water partition coefficient (Wildman–Crippen LogP) is 5.19. The van der Waals surface area contributed by atoms with Gasteiger partial charge in [-0.25, -0.2) is 0 Å². The van der Waals surface area contributed by atoms with Crippen LogP contribution in [0, 0.1) is 11.3 Å². The molecule has 0 atom stereocenters. The van der Waals surface area contributed by atoms with E-state index in [0.29, 0.717) is 19.2 Å². The number of hydrogen-bond donors (Lipinski definition) is 1. The first kappa shape index (κ1) is 13.7. The normalized spacial score (nSPS) is 10.6. The fraction of sp³-hybridized carbons (Fsp3) is 0.250. The molecular formula is C12H10Cl2N2S2. The maximum Gasteiger partial charge on any atom is 0.128 e. The summed E-state index contributed by atoms with van der Waals surface area (Å²) in [6.07, 6.45) is 1.80. The highest BCUT2D eigenvalue weighted by Gasteiger charge is 2.19. The summed E-state index contributed by atoms with van der Waals surface area (Å²) in [6.45, 7) is 2.08. The fourth-order valence-corrected chi connectivity index (χ4v) is 4.46. The molecule has 94 valence electrons. The number of rotatable bonds is 3. The first-order chi connectivity index (χ1) is 8.58. The lowest BCUT2D eigenvalue weighted by molar-refractivity contribution is 0.930. The Kier molecular flexibility index (Phi) is 4.18. The zero-order valence-corrected chi connectivity index (χ0v) is 12.7. The van der Waals surface area contributed by atoms with Crippen molar-refractivity contribution in [2.45, 2.75) is 19.8 Å². The number of thiophene rings is 2. The Labute approximate surface area is 124 Å². The summed E-state index contributed by atoms with van der Waals surface area (Å²) in [6, 6.07) is 3.96. The molecule has 2 N–H and O–H groups in total. The molecule has 0 aliphatic rings. The van der Waals surface area contributed by atoms with Gasteiger partial charge in [0.05, 0.1) is 10.0 Å². The van der Waals surface area contributed by atoms with Crippen molar-refractivity contribution in [1.29, 1.82) is 5.26 Å². The molecule has 0 fully saturated rings. The SMILES string of the molecule is CCCc1c(-c2cc(Cl)sc2Cl)sc(C#N)c1N. The van der Waals surface area contributed by atoms with Crippen LogP contribution in [0.1, 0.15) is 23.8 Å². The molecule has 0 radical (unpaired) electrons. The van der Waals surface area contributed by atoms with E-state index in [0.717, 1.165) is 28.8 Å². The third-order valence-electron chi connectivity index (χ3n) is 2.55. The molecule has 0 unspecified atom stereocenters. The molecule has 2 heterocycles. The van der Waals surface area contributed by atoms with E-state index in [-0.39, 0.29) is 0 Å². The molecule has 0 amide bonds. The van der Waals surface area contributed by atoms with Gasteiger partial charge in [-0.1, -0.05) is 36.5 Å². The minimum atomic E-state index is 0.548. The number of nitrogens with zero attached hydrogens (tertiary/aromatic N) is 1. The Morgan fingerprint density at radius 1 is 1.39 bits per heavy atom. The highest BCUT2D eigenvalue weighted by atomic mass is 35.5. The minimum Gasteiger partial charge on any atom is -0.397 e. The van der Waals surface area contributed by atoms with Gasteiger partial charge in [-0.05, 0) is 18.1 Å². The summed E-state index contributed by atoms with van der Waals surface area (Å²) >= 11 is 14.9. The first-order valence-corrected chi connectivity index (χ1v) is 7.73. The van der Waals surface area contributed by atoms with Crippen molar-refractivity contribution >= 4 is 51.6 Å². The number of nitriles is 1. The lowest BCUT2D eigenvalue weighted by Crippen LogP contribution is -1.92. The summed E-state index contributed by atoms with van der Waals surface area (Å²) < 4.78 is 1.28. The van der Waals surface area contributed by atoms with Gasteiger partial charge in [-0.15, -0.1) is 22.7 Å². The summed E-state index contributed by atoms with van der Waals surface area (Å²) in [7, 11) is 0. The number of nitrogen functional groups attached to an aromatic ring is 1. The van der Waals surface area contributed by atoms with Gasteiger partial charge in [0.25, 0.3) is 0 Å². The van der Waals surface area contributed by atoms with Crippen LogP contribution in [-0.4, -0.2) is 0 Å². The van der Waals surface area contributed by atoms with Crippen LogP contribution in [0.5, 0.6) is 0 Å². The van der Waals surface area contributed by atoms with Crippen LogP contribution in [-0.2, 0) is 6.42 Å². The summed E-state index contributed by atoms with van der Waals surface area (Å²) in [5, 5.41) is 9.07. The summed E-state index contributed by atoms with van der Waals surface area (Å²) in [5.74, 6) is 0. The van der Waals surface area contributed by atoms with Crippen LogP contribution in [0.3, 0.4) is 0 Å². The lowest BCUT2D eigenvalue weighted by atomic mass is 10.1. The number of hydrogen-bond acceptors (Lipinski definition) is 4. The quantitative estimate of drug-likeness (QED) is 0.847. The topological polar surface area (TPSA) is 49.8 Å². The molecule has 6 heteroatoms. The van der Waals surface area contributed by atoms with Crippen molar-refractivity contribution in [1.82, 2.24) is 0 Å². The van der Waals surface area contributed by atoms with E-state index in [4.69, 9.17) is 34.2 Å². The third kappa shape index (κ3) is 2.36. The second-order valence-electron chi connectivity index (χ2n) is 3.75. The zero-order valence-electron chi connectivity index (χ0n) is 9.59. The lowest BCUT2D eigenvalue weighted by Gasteiger charge is -2.02. The number of nitrogens with two attached hydrogens (primary N) is 1. The van der Waals surface area contributed by atoms with Gasteiger partial charge in [0.15, 0.2) is 0 Å². The van der Waals surface area contributed by atoms with Gasteiger partial charge in [0.1, 0.15) is 15.3 Å². The molecule has 2 rings (SSSR count). The van der Waals surface area contributed by atoms with Gasteiger partial charge < -0.3 is 5.73 Å². The van der Waals surface area contributed by atoms with Gasteiger partial charge in [-0.2, -0.15) is 5.26 Å². The van der Waals surface area contributed by atoms with Gasteiger partial charge in [0.2, 0.25) is 0 Å². The third-order valence-corrected chi connectivity index (χ3v) is 5.22. The molecular weight excluding hydrogens is 307 g/mol. The average molecular weight is 317 g/mol. The van der Waals surface area contributed by atoms with Crippen LogP contribution >= 0.6 is 45.9 Å². The van der Waals surface area contributed by atoms with Gasteiger partial charge in [-0.3, -0.25) is 0 Å². The van der Waals surface area contributed by atoms with Crippen molar-refractivity contribution < 1.29 is 0 Å². The van der Waals surface area contributed by atoms with Crippen molar-refractivity contribution in [2.75, 3.05) is 5.73 Å². The second-order valence-corrected chi connectivity index (χ2v) is 7.06. The summed E-state index contributed by atoms with van der Waals surface area (Å²) in [5.41, 5.74) is 8.48. The van der Waals surface area contributed by atoms with E-state index in [1.165, 1.54) is 22.7 Å². The average Bonchev–Trinajstić information content (AvgIpc) is 2.81. The molecule has 0 aliphatic carbocycles. The Hall–Kier alpha value is -0.730. The Morgan fingerprint density at radius 2 is 2.11 bits per heavy atom. The molecule has 0 aliphatic heterocycles. The van der Waals surface area contributed by atoms with E-state index in [2.05, 4.69) is 13.0 Å². The maximum absolute atomic E-state index is 9.07. The van der Waals surface area contributed by atoms with Gasteiger partial charge in [0, 0.05) is 10.4 Å². The van der Waals surface area contributed by atoms with Gasteiger partial charge >= 0.3 is 0 Å². The Balaban J connectivity index is 2.63. The molecule has 0 saturated heterocycles. The van der Waals surface area contributed by atoms with E-state index < -0.39 is 0 Å². The molecule has 18 heavy (non-hydrogen) atoms. The zero-order chi connectivity index (χ0) is 13.3. The Bertz CT molecular complexity index is 623. The standard InChI is InChI=1S/C12H10Cl2N2S2/c1-2-3-6-10(16)8(5-15)17-11(6)7-4-9(13)18-12(7)14/h4H,2-3,16H2,1H3. The largest absolute Gasteiger partial charge is 0.397 e. The smallest absolute Gasteiger partial charge is 0.128 e. The summed E-state index contributed by atoms with van der Waals surface area (Å²) in [4.78, 5) is 1.52. The van der Waals surface area contributed by atoms with Crippen molar-refractivity contribution in [3.05, 3.63) is 25.2 Å².